The summed E-state index contributed by atoms with van der Waals surface area (Å²) in [5, 5.41) is 0. The fourth-order valence-corrected chi connectivity index (χ4v) is 6.60. The zero-order valence-corrected chi connectivity index (χ0v) is 20.8. The molecule has 0 aromatic carbocycles. The molecule has 0 aliphatic carbocycles. The molecular formula is C8H23NO3P6S3. The molecule has 0 bridgehead atoms. The van der Waals surface area contributed by atoms with E-state index in [0.717, 1.165) is 6.42 Å². The number of hydrogen-bond acceptors (Lipinski definition) is 7. The molecule has 7 unspecified atom stereocenters. The standard InChI is InChI=1S/C8H23NO3P6S3/c1-16(20-14)11-6-4-8(9-19-18(3)13)10-5-7(6)12-17(2)21-15/h6-9H,4-5,13-15H2,1-3H3/t6-,7+,8?,16?,17?,18?/m0/s1. The van der Waals surface area contributed by atoms with Crippen molar-refractivity contribution in [3.05, 3.63) is 0 Å². The van der Waals surface area contributed by atoms with E-state index in [-0.39, 0.29) is 25.2 Å². The van der Waals surface area contributed by atoms with Crippen LogP contribution in [0.2, 0.25) is 0 Å². The van der Waals surface area contributed by atoms with Crippen LogP contribution >= 0.6 is 80.9 Å². The van der Waals surface area contributed by atoms with Gasteiger partial charge >= 0.3 is 0 Å². The summed E-state index contributed by atoms with van der Waals surface area (Å²) in [6.45, 7) is 6.90. The SMILES string of the molecule is CP(P)SNC1C[C@H](OP(C)SP)[C@H](OP(C)SP)CO1. The highest BCUT2D eigenvalue weighted by Crippen LogP contribution is 2.56. The Bertz CT molecular complexity index is 298. The second-order valence-electron chi connectivity index (χ2n) is 4.19. The first-order valence-corrected chi connectivity index (χ1v) is 20.1. The van der Waals surface area contributed by atoms with Gasteiger partial charge in [-0.15, -0.1) is 0 Å². The van der Waals surface area contributed by atoms with Crippen LogP contribution < -0.4 is 4.72 Å². The Hall–Kier alpha value is 3.47. The molecule has 0 radical (unpaired) electrons. The molecule has 0 aromatic rings. The van der Waals surface area contributed by atoms with Crippen molar-refractivity contribution in [1.82, 2.24) is 4.72 Å². The summed E-state index contributed by atoms with van der Waals surface area (Å²) in [7, 11) is 7.18. The highest BCUT2D eigenvalue weighted by molar-refractivity contribution is 8.78. The topological polar surface area (TPSA) is 39.7 Å². The van der Waals surface area contributed by atoms with Crippen molar-refractivity contribution in [2.45, 2.75) is 24.9 Å². The number of ether oxygens (including phenoxy) is 1. The average molecular weight is 463 g/mol. The van der Waals surface area contributed by atoms with Crippen LogP contribution in [-0.2, 0) is 13.8 Å². The smallest absolute Gasteiger partial charge is 0.119 e. The minimum atomic E-state index is -0.500. The molecule has 1 aliphatic heterocycles. The zero-order chi connectivity index (χ0) is 15.8. The lowest BCUT2D eigenvalue weighted by atomic mass is 10.1. The molecule has 0 aromatic heterocycles. The molecule has 1 rings (SSSR count). The second kappa shape index (κ2) is 12.8. The normalized spacial score (nSPS) is 30.9. The summed E-state index contributed by atoms with van der Waals surface area (Å²) in [5.74, 6) is 0. The van der Waals surface area contributed by atoms with E-state index in [4.69, 9.17) is 13.8 Å². The van der Waals surface area contributed by atoms with E-state index in [0.29, 0.717) is 6.61 Å². The fourth-order valence-electron chi connectivity index (χ4n) is 1.61. The summed E-state index contributed by atoms with van der Waals surface area (Å²) < 4.78 is 21.5. The van der Waals surface area contributed by atoms with Crippen molar-refractivity contribution in [1.29, 1.82) is 0 Å². The van der Waals surface area contributed by atoms with Gasteiger partial charge in [0.2, 0.25) is 0 Å². The molecule has 1 aliphatic rings. The van der Waals surface area contributed by atoms with E-state index in [9.17, 15) is 0 Å². The van der Waals surface area contributed by atoms with E-state index >= 15 is 0 Å². The van der Waals surface area contributed by atoms with Gasteiger partial charge in [-0.05, 0) is 38.4 Å². The van der Waals surface area contributed by atoms with Gasteiger partial charge in [-0.2, -0.15) is 0 Å². The van der Waals surface area contributed by atoms with Gasteiger partial charge in [-0.25, -0.2) is 4.72 Å². The Balaban J connectivity index is 2.55. The van der Waals surface area contributed by atoms with E-state index < -0.39 is 14.7 Å². The molecule has 4 nitrogen and oxygen atoms in total. The lowest BCUT2D eigenvalue weighted by molar-refractivity contribution is -0.0979. The third kappa shape index (κ3) is 9.66. The summed E-state index contributed by atoms with van der Waals surface area (Å²) in [4.78, 5) is 0. The predicted molar refractivity (Wildman–Crippen MR) is 118 cm³/mol. The minimum Gasteiger partial charge on any atom is -0.360 e. The molecule has 0 saturated carbocycles. The van der Waals surface area contributed by atoms with Gasteiger partial charge in [0.15, 0.2) is 0 Å². The summed E-state index contributed by atoms with van der Waals surface area (Å²) in [5.41, 5.74) is 0. The van der Waals surface area contributed by atoms with E-state index in [1.54, 1.807) is 33.6 Å². The number of hydrogen-bond donors (Lipinski definition) is 1. The van der Waals surface area contributed by atoms with Gasteiger partial charge in [0.05, 0.1) is 27.4 Å². The van der Waals surface area contributed by atoms with E-state index in [2.05, 4.69) is 50.5 Å². The van der Waals surface area contributed by atoms with Gasteiger partial charge in [0, 0.05) is 6.42 Å². The Morgan fingerprint density at radius 1 is 1.10 bits per heavy atom. The largest absolute Gasteiger partial charge is 0.360 e. The fraction of sp³-hybridized carbons (Fsp3) is 1.00. The molecule has 1 saturated heterocycles. The number of nitrogens with one attached hydrogen (secondary N) is 1. The quantitative estimate of drug-likeness (QED) is 0.358. The van der Waals surface area contributed by atoms with Crippen LogP contribution in [0, 0.1) is 0 Å². The molecule has 1 N–H and O–H groups in total. The molecule has 0 spiro atoms. The molecule has 1 fully saturated rings. The maximum atomic E-state index is 6.18. The highest BCUT2D eigenvalue weighted by Gasteiger charge is 2.35. The third-order valence-electron chi connectivity index (χ3n) is 2.52. The van der Waals surface area contributed by atoms with Crippen molar-refractivity contribution in [2.75, 3.05) is 26.6 Å². The first kappa shape index (κ1) is 22.5. The van der Waals surface area contributed by atoms with Crippen LogP contribution in [0.3, 0.4) is 0 Å². The Morgan fingerprint density at radius 2 is 1.67 bits per heavy atom. The number of rotatable bonds is 9. The maximum Gasteiger partial charge on any atom is 0.119 e. The maximum absolute atomic E-state index is 6.18. The summed E-state index contributed by atoms with van der Waals surface area (Å²) in [6.07, 6.45) is 0.984. The lowest BCUT2D eigenvalue weighted by Gasteiger charge is -2.37. The third-order valence-corrected chi connectivity index (χ3v) is 14.7. The highest BCUT2D eigenvalue weighted by atomic mass is 33.1. The van der Waals surface area contributed by atoms with Crippen LogP contribution in [0.15, 0.2) is 0 Å². The van der Waals surface area contributed by atoms with Crippen LogP contribution in [0.1, 0.15) is 6.42 Å². The Morgan fingerprint density at radius 3 is 2.19 bits per heavy atom. The van der Waals surface area contributed by atoms with Crippen molar-refractivity contribution in [3.8, 4) is 0 Å². The van der Waals surface area contributed by atoms with Crippen LogP contribution in [0.25, 0.3) is 0 Å². The molecule has 9 atom stereocenters. The predicted octanol–water partition coefficient (Wildman–Crippen LogP) is 5.49. The lowest BCUT2D eigenvalue weighted by Crippen LogP contribution is -2.46. The molecule has 21 heavy (non-hydrogen) atoms. The van der Waals surface area contributed by atoms with Crippen molar-refractivity contribution < 1.29 is 13.8 Å². The Labute approximate surface area is 150 Å². The van der Waals surface area contributed by atoms with Crippen LogP contribution in [-0.4, -0.2) is 45.0 Å². The average Bonchev–Trinajstić information content (AvgIpc) is 2.46. The summed E-state index contributed by atoms with van der Waals surface area (Å²) >= 11 is 5.12. The van der Waals surface area contributed by atoms with Crippen molar-refractivity contribution in [3.63, 3.8) is 0 Å². The zero-order valence-electron chi connectivity index (χ0n) is 12.2. The summed E-state index contributed by atoms with van der Waals surface area (Å²) in [6, 6.07) is 0. The first-order valence-electron chi connectivity index (χ1n) is 6.03. The molecular weight excluding hydrogens is 440 g/mol. The molecule has 0 amide bonds. The van der Waals surface area contributed by atoms with Crippen molar-refractivity contribution in [2.24, 2.45) is 0 Å². The minimum absolute atomic E-state index is 0.0263. The second-order valence-corrected chi connectivity index (χ2v) is 22.2. The monoisotopic (exact) mass is 463 g/mol. The van der Waals surface area contributed by atoms with Gasteiger partial charge in [-0.1, -0.05) is 47.8 Å². The van der Waals surface area contributed by atoms with E-state index in [1.807, 2.05) is 0 Å². The van der Waals surface area contributed by atoms with Gasteiger partial charge in [0.1, 0.15) is 12.3 Å². The van der Waals surface area contributed by atoms with Gasteiger partial charge in [0.25, 0.3) is 0 Å². The van der Waals surface area contributed by atoms with Crippen LogP contribution in [0.5, 0.6) is 0 Å². The van der Waals surface area contributed by atoms with Crippen LogP contribution in [0.4, 0.5) is 0 Å². The molecule has 1 heterocycles. The molecule has 13 heteroatoms. The van der Waals surface area contributed by atoms with Gasteiger partial charge < -0.3 is 13.8 Å². The van der Waals surface area contributed by atoms with Gasteiger partial charge in [-0.3, -0.25) is 0 Å². The Kier molecular flexibility index (Phi) is 13.7. The first-order chi connectivity index (χ1) is 9.96. The van der Waals surface area contributed by atoms with E-state index in [1.165, 1.54) is 0 Å². The van der Waals surface area contributed by atoms with Crippen molar-refractivity contribution >= 4 is 80.9 Å². The molecule has 126 valence electrons.